The molecule has 0 saturated heterocycles. The smallest absolute Gasteiger partial charge is 0.243 e. The Labute approximate surface area is 221 Å². The lowest BCUT2D eigenvalue weighted by Gasteiger charge is -2.27. The topological polar surface area (TPSA) is 150 Å². The second-order valence-corrected chi connectivity index (χ2v) is 9.23. The number of amides is 3. The Balaban J connectivity index is 1.79. The van der Waals surface area contributed by atoms with Crippen LogP contribution in [0.4, 0.5) is 4.39 Å². The first-order chi connectivity index (χ1) is 18.2. The van der Waals surface area contributed by atoms with Crippen LogP contribution in [0.3, 0.4) is 0 Å². The number of hydrogen-bond donors (Lipinski definition) is 5. The first-order valence-electron chi connectivity index (χ1n) is 12.5. The maximum Gasteiger partial charge on any atom is 0.243 e. The van der Waals surface area contributed by atoms with E-state index in [-0.39, 0.29) is 37.2 Å². The monoisotopic (exact) mass is 526 g/mol. The van der Waals surface area contributed by atoms with E-state index in [1.54, 1.807) is 37.3 Å². The molecule has 2 aromatic rings. The van der Waals surface area contributed by atoms with E-state index in [9.17, 15) is 18.8 Å². The number of nitrogens with two attached hydrogens (primary N) is 1. The van der Waals surface area contributed by atoms with Crippen LogP contribution in [0.2, 0.25) is 0 Å². The third-order valence-electron chi connectivity index (χ3n) is 6.46. The van der Waals surface area contributed by atoms with E-state index in [2.05, 4.69) is 16.0 Å². The normalized spacial score (nSPS) is 20.3. The van der Waals surface area contributed by atoms with Crippen LogP contribution in [-0.4, -0.2) is 73.8 Å². The summed E-state index contributed by atoms with van der Waals surface area (Å²) in [5.74, 6) is -1.18. The molecule has 0 radical (unpaired) electrons. The Hall–Kier alpha value is -3.99. The Kier molecular flexibility index (Phi) is 10.2. The number of nitrogens with zero attached hydrogens (tertiary/aromatic N) is 1. The average Bonchev–Trinajstić information content (AvgIpc) is 2.90. The lowest BCUT2D eigenvalue weighted by Crippen LogP contribution is -2.54. The minimum absolute atomic E-state index is 0.0140. The van der Waals surface area contributed by atoms with Crippen LogP contribution in [-0.2, 0) is 27.2 Å². The number of rotatable bonds is 3. The minimum atomic E-state index is -0.890. The van der Waals surface area contributed by atoms with Gasteiger partial charge in [0.1, 0.15) is 36.1 Å². The number of carbonyl (C=O) groups excluding carboxylic acids is 3. The summed E-state index contributed by atoms with van der Waals surface area (Å²) in [5, 5.41) is 16.2. The quantitative estimate of drug-likeness (QED) is 0.294. The molecule has 11 heteroatoms. The van der Waals surface area contributed by atoms with Crippen molar-refractivity contribution in [2.45, 2.75) is 38.3 Å². The van der Waals surface area contributed by atoms with Gasteiger partial charge in [0.25, 0.3) is 0 Å². The number of fused-ring (bicyclic) bond motifs is 1. The van der Waals surface area contributed by atoms with Crippen LogP contribution in [0.15, 0.2) is 42.5 Å². The molecular formula is C27H35FN6O4. The van der Waals surface area contributed by atoms with Crippen molar-refractivity contribution in [3.05, 3.63) is 65.0 Å². The first kappa shape index (κ1) is 28.6. The summed E-state index contributed by atoms with van der Waals surface area (Å²) in [7, 11) is 1.53. The van der Waals surface area contributed by atoms with Gasteiger partial charge in [0.05, 0.1) is 6.54 Å². The van der Waals surface area contributed by atoms with Gasteiger partial charge in [0, 0.05) is 38.2 Å². The van der Waals surface area contributed by atoms with Crippen LogP contribution in [0.1, 0.15) is 30.0 Å². The molecule has 3 rings (SSSR count). The van der Waals surface area contributed by atoms with Gasteiger partial charge in [-0.15, -0.1) is 0 Å². The summed E-state index contributed by atoms with van der Waals surface area (Å²) in [6.07, 6.45) is 1.33. The molecule has 204 valence electrons. The summed E-state index contributed by atoms with van der Waals surface area (Å²) in [4.78, 5) is 40.1. The largest absolute Gasteiger partial charge is 0.492 e. The average molecular weight is 527 g/mol. The molecule has 38 heavy (non-hydrogen) atoms. The number of amidine groups is 1. The summed E-state index contributed by atoms with van der Waals surface area (Å²) in [6.45, 7) is 2.50. The highest BCUT2D eigenvalue weighted by Gasteiger charge is 2.27. The molecule has 10 nitrogen and oxygen atoms in total. The lowest BCUT2D eigenvalue weighted by atomic mass is 10.0. The van der Waals surface area contributed by atoms with E-state index >= 15 is 0 Å². The van der Waals surface area contributed by atoms with Gasteiger partial charge >= 0.3 is 0 Å². The van der Waals surface area contributed by atoms with Gasteiger partial charge < -0.3 is 31.3 Å². The molecule has 0 aromatic heterocycles. The second-order valence-electron chi connectivity index (χ2n) is 9.23. The summed E-state index contributed by atoms with van der Waals surface area (Å²) >= 11 is 0. The van der Waals surface area contributed by atoms with E-state index in [0.29, 0.717) is 37.2 Å². The number of nitrogen functional groups attached to an aromatic ring is 1. The molecule has 0 saturated carbocycles. The molecule has 0 aliphatic carbocycles. The summed E-state index contributed by atoms with van der Waals surface area (Å²) in [6, 6.07) is 9.52. The van der Waals surface area contributed by atoms with Crippen LogP contribution in [0, 0.1) is 11.2 Å². The Morgan fingerprint density at radius 2 is 1.87 bits per heavy atom. The van der Waals surface area contributed by atoms with Gasteiger partial charge in [0.15, 0.2) is 0 Å². The first-order valence-corrected chi connectivity index (χ1v) is 12.5. The van der Waals surface area contributed by atoms with Crippen molar-refractivity contribution in [2.75, 3.05) is 33.3 Å². The number of hydrogen-bond acceptors (Lipinski definition) is 6. The fourth-order valence-corrected chi connectivity index (χ4v) is 3.99. The molecule has 1 aliphatic heterocycles. The van der Waals surface area contributed by atoms with Crippen molar-refractivity contribution in [3.63, 3.8) is 0 Å². The van der Waals surface area contributed by atoms with E-state index in [1.807, 2.05) is 0 Å². The molecular weight excluding hydrogens is 491 g/mol. The van der Waals surface area contributed by atoms with E-state index in [4.69, 9.17) is 15.9 Å². The molecule has 2 aromatic carbocycles. The number of halogens is 1. The second kappa shape index (κ2) is 13.5. The van der Waals surface area contributed by atoms with Gasteiger partial charge in [-0.3, -0.25) is 19.8 Å². The highest BCUT2D eigenvalue weighted by molar-refractivity contribution is 5.95. The molecule has 0 spiro atoms. The number of carbonyl (C=O) groups is 3. The van der Waals surface area contributed by atoms with E-state index in [1.165, 1.54) is 24.1 Å². The lowest BCUT2D eigenvalue weighted by molar-refractivity contribution is -0.138. The maximum absolute atomic E-state index is 13.8. The third-order valence-corrected chi connectivity index (χ3v) is 6.46. The molecule has 1 heterocycles. The molecule has 1 aliphatic rings. The number of nitrogens with one attached hydrogen (secondary N) is 4. The molecule has 0 unspecified atom stereocenters. The van der Waals surface area contributed by atoms with Crippen LogP contribution in [0.5, 0.6) is 5.75 Å². The van der Waals surface area contributed by atoms with Gasteiger partial charge in [-0.1, -0.05) is 30.3 Å². The Morgan fingerprint density at radius 1 is 1.13 bits per heavy atom. The maximum atomic E-state index is 13.8. The summed E-state index contributed by atoms with van der Waals surface area (Å²) in [5.41, 5.74) is 7.66. The van der Waals surface area contributed by atoms with Crippen molar-refractivity contribution in [3.8, 4) is 5.75 Å². The van der Waals surface area contributed by atoms with Crippen molar-refractivity contribution in [2.24, 2.45) is 5.73 Å². The molecule has 0 fully saturated rings. The molecule has 2 atom stereocenters. The molecule has 3 amide bonds. The standard InChI is InChI=1S/C27H35FN6O4/c1-17-26(36)33-22(14-18-5-7-20(8-6-18)25(29)30)27(37)32-11-3-4-19-9-10-21(28)15-23(19)38-13-12-31-16-24(35)34(17)2/h5-10,15,17,22,31H,3-4,11-14,16H2,1-2H3,(H3,29,30)(H,32,37)(H,33,36)/t17-,22-/m1/s1. The van der Waals surface area contributed by atoms with Crippen molar-refractivity contribution >= 4 is 23.6 Å². The number of benzene rings is 2. The highest BCUT2D eigenvalue weighted by atomic mass is 19.1. The van der Waals surface area contributed by atoms with Crippen LogP contribution in [0.25, 0.3) is 0 Å². The highest BCUT2D eigenvalue weighted by Crippen LogP contribution is 2.21. The van der Waals surface area contributed by atoms with Gasteiger partial charge in [0.2, 0.25) is 17.7 Å². The Morgan fingerprint density at radius 3 is 2.58 bits per heavy atom. The summed E-state index contributed by atoms with van der Waals surface area (Å²) < 4.78 is 19.5. The van der Waals surface area contributed by atoms with Crippen LogP contribution >= 0.6 is 0 Å². The van der Waals surface area contributed by atoms with Gasteiger partial charge in [-0.2, -0.15) is 0 Å². The van der Waals surface area contributed by atoms with Crippen molar-refractivity contribution in [1.82, 2.24) is 20.9 Å². The molecule has 6 N–H and O–H groups in total. The van der Waals surface area contributed by atoms with E-state index in [0.717, 1.165) is 11.1 Å². The van der Waals surface area contributed by atoms with Crippen LogP contribution < -0.4 is 26.4 Å². The predicted molar refractivity (Wildman–Crippen MR) is 141 cm³/mol. The van der Waals surface area contributed by atoms with Crippen molar-refractivity contribution in [1.29, 1.82) is 5.41 Å². The fraction of sp³-hybridized carbons (Fsp3) is 0.407. The minimum Gasteiger partial charge on any atom is -0.492 e. The van der Waals surface area contributed by atoms with Crippen molar-refractivity contribution < 1.29 is 23.5 Å². The number of aryl methyl sites for hydroxylation is 1. The Bertz CT molecular complexity index is 1160. The van der Waals surface area contributed by atoms with E-state index < -0.39 is 23.8 Å². The predicted octanol–water partition coefficient (Wildman–Crippen LogP) is 0.715. The zero-order valence-electron chi connectivity index (χ0n) is 21.7. The third kappa shape index (κ3) is 8.01. The number of likely N-dealkylation sites (N-methyl/N-ethyl adjacent to an activating group) is 1. The zero-order chi connectivity index (χ0) is 27.7. The fourth-order valence-electron chi connectivity index (χ4n) is 3.99. The molecule has 0 bridgehead atoms. The van der Waals surface area contributed by atoms with Gasteiger partial charge in [-0.05, 0) is 37.0 Å². The SMILES string of the molecule is C[C@@H]1C(=O)N[C@H](Cc2ccc(C(=N)N)cc2)C(=O)NCCCc2ccc(F)cc2OCCNCC(=O)N1C. The van der Waals surface area contributed by atoms with Gasteiger partial charge in [-0.25, -0.2) is 4.39 Å². The zero-order valence-corrected chi connectivity index (χ0v) is 21.7. The number of ether oxygens (including phenoxy) is 1.